The van der Waals surface area contributed by atoms with Crippen LogP contribution in [0.2, 0.25) is 15.2 Å². The van der Waals surface area contributed by atoms with E-state index in [1.807, 2.05) is 18.2 Å². The Kier molecular flexibility index (Phi) is 5.23. The summed E-state index contributed by atoms with van der Waals surface area (Å²) < 4.78 is 0. The first-order valence-electron chi connectivity index (χ1n) is 8.52. The van der Waals surface area contributed by atoms with Crippen LogP contribution in [0, 0.1) is 0 Å². The Hall–Kier alpha value is -1.53. The van der Waals surface area contributed by atoms with Crippen molar-refractivity contribution in [2.24, 2.45) is 0 Å². The number of piperidine rings is 1. The maximum Gasteiger partial charge on any atom is 0.205 e. The van der Waals surface area contributed by atoms with Crippen LogP contribution in [0.5, 0.6) is 0 Å². The summed E-state index contributed by atoms with van der Waals surface area (Å²) in [6.45, 7) is 2.58. The Morgan fingerprint density at radius 3 is 2.73 bits per heavy atom. The number of hydrogen-bond acceptors (Lipinski definition) is 4. The van der Waals surface area contributed by atoms with Crippen LogP contribution in [0.1, 0.15) is 18.4 Å². The lowest BCUT2D eigenvalue weighted by Crippen LogP contribution is -2.45. The third-order valence-corrected chi connectivity index (χ3v) is 5.18. The molecule has 3 aromatic rings. The molecule has 1 saturated heterocycles. The van der Waals surface area contributed by atoms with E-state index in [-0.39, 0.29) is 0 Å². The Labute approximate surface area is 166 Å². The molecule has 1 aromatic carbocycles. The number of fused-ring (bicyclic) bond motifs is 1. The summed E-state index contributed by atoms with van der Waals surface area (Å²) in [5.41, 5.74) is 2.63. The average molecular weight is 411 g/mol. The van der Waals surface area contributed by atoms with Crippen molar-refractivity contribution in [3.05, 3.63) is 51.1 Å². The summed E-state index contributed by atoms with van der Waals surface area (Å²) in [6.07, 6.45) is 2.22. The maximum atomic E-state index is 6.08. The number of anilines is 1. The van der Waals surface area contributed by atoms with Crippen LogP contribution in [0.15, 0.2) is 30.3 Å². The number of nitrogens with one attached hydrogen (secondary N) is 2. The van der Waals surface area contributed by atoms with E-state index in [2.05, 4.69) is 25.2 Å². The predicted molar refractivity (Wildman–Crippen MR) is 107 cm³/mol. The van der Waals surface area contributed by atoms with Gasteiger partial charge in [0.05, 0.1) is 5.52 Å². The lowest BCUT2D eigenvalue weighted by atomic mass is 10.1. The number of aromatic nitrogens is 3. The fourth-order valence-electron chi connectivity index (χ4n) is 3.32. The van der Waals surface area contributed by atoms with E-state index in [1.165, 1.54) is 0 Å². The Balaban J connectivity index is 1.43. The van der Waals surface area contributed by atoms with Crippen LogP contribution in [0.3, 0.4) is 0 Å². The van der Waals surface area contributed by atoms with Gasteiger partial charge in [0, 0.05) is 35.7 Å². The quantitative estimate of drug-likeness (QED) is 0.613. The van der Waals surface area contributed by atoms with Crippen molar-refractivity contribution in [3.8, 4) is 0 Å². The SMILES string of the molecule is Clc1cc(Cl)cc(CN[C@@H]2CCCN(c3nc4nc(Cl)ccc4[nH]3)C2)c1. The molecule has 1 fully saturated rings. The molecular weight excluding hydrogens is 393 g/mol. The molecule has 0 amide bonds. The van der Waals surface area contributed by atoms with Gasteiger partial charge in [-0.2, -0.15) is 4.98 Å². The summed E-state index contributed by atoms with van der Waals surface area (Å²) in [5, 5.41) is 5.37. The zero-order valence-electron chi connectivity index (χ0n) is 14.0. The zero-order valence-corrected chi connectivity index (χ0v) is 16.2. The predicted octanol–water partition coefficient (Wildman–Crippen LogP) is 4.68. The van der Waals surface area contributed by atoms with E-state index in [4.69, 9.17) is 34.8 Å². The minimum atomic E-state index is 0.367. The molecule has 0 aliphatic carbocycles. The molecule has 1 aliphatic heterocycles. The van der Waals surface area contributed by atoms with Crippen LogP contribution in [-0.2, 0) is 6.54 Å². The first-order valence-corrected chi connectivity index (χ1v) is 9.66. The molecule has 1 aliphatic rings. The minimum absolute atomic E-state index is 0.367. The molecule has 26 heavy (non-hydrogen) atoms. The molecule has 4 rings (SSSR count). The number of H-pyrrole nitrogens is 1. The normalized spacial score (nSPS) is 17.8. The van der Waals surface area contributed by atoms with Crippen molar-refractivity contribution in [2.75, 3.05) is 18.0 Å². The number of nitrogens with zero attached hydrogens (tertiary/aromatic N) is 3. The fraction of sp³-hybridized carbons (Fsp3) is 0.333. The van der Waals surface area contributed by atoms with Gasteiger partial charge in [-0.1, -0.05) is 34.8 Å². The van der Waals surface area contributed by atoms with E-state index in [0.717, 1.165) is 49.5 Å². The fourth-order valence-corrected chi connectivity index (χ4v) is 4.03. The first-order chi connectivity index (χ1) is 12.6. The molecule has 2 aromatic heterocycles. The van der Waals surface area contributed by atoms with Gasteiger partial charge in [-0.25, -0.2) is 4.98 Å². The minimum Gasteiger partial charge on any atom is -0.341 e. The van der Waals surface area contributed by atoms with Crippen LogP contribution >= 0.6 is 34.8 Å². The van der Waals surface area contributed by atoms with Crippen molar-refractivity contribution < 1.29 is 0 Å². The number of pyridine rings is 1. The molecule has 0 saturated carbocycles. The molecule has 136 valence electrons. The van der Waals surface area contributed by atoms with E-state index >= 15 is 0 Å². The topological polar surface area (TPSA) is 56.8 Å². The molecule has 0 unspecified atom stereocenters. The van der Waals surface area contributed by atoms with E-state index in [0.29, 0.717) is 26.9 Å². The Morgan fingerprint density at radius 1 is 1.12 bits per heavy atom. The number of aromatic amines is 1. The van der Waals surface area contributed by atoms with Gasteiger partial charge in [0.15, 0.2) is 5.65 Å². The molecule has 0 spiro atoms. The van der Waals surface area contributed by atoms with E-state index < -0.39 is 0 Å². The first kappa shape index (κ1) is 17.9. The highest BCUT2D eigenvalue weighted by molar-refractivity contribution is 6.34. The number of rotatable bonds is 4. The third kappa shape index (κ3) is 4.07. The molecule has 8 heteroatoms. The highest BCUT2D eigenvalue weighted by Crippen LogP contribution is 2.22. The van der Waals surface area contributed by atoms with Gasteiger partial charge in [0.25, 0.3) is 0 Å². The molecule has 0 bridgehead atoms. The number of hydrogen-bond donors (Lipinski definition) is 2. The second-order valence-electron chi connectivity index (χ2n) is 6.51. The molecule has 0 radical (unpaired) electrons. The largest absolute Gasteiger partial charge is 0.341 e. The van der Waals surface area contributed by atoms with Crippen LogP contribution in [-0.4, -0.2) is 34.1 Å². The van der Waals surface area contributed by atoms with Crippen molar-refractivity contribution in [3.63, 3.8) is 0 Å². The monoisotopic (exact) mass is 409 g/mol. The van der Waals surface area contributed by atoms with Gasteiger partial charge < -0.3 is 15.2 Å². The zero-order chi connectivity index (χ0) is 18.1. The number of imidazole rings is 1. The molecule has 2 N–H and O–H groups in total. The number of halogens is 3. The summed E-state index contributed by atoms with van der Waals surface area (Å²) >= 11 is 18.1. The standard InChI is InChI=1S/C18H18Cl3N5/c19-12-6-11(7-13(20)8-12)9-22-14-2-1-5-26(10-14)18-23-15-3-4-16(21)24-17(15)25-18/h3-4,6-8,14,22H,1-2,5,9-10H2,(H,23,24,25)/t14-/m1/s1. The van der Waals surface area contributed by atoms with Gasteiger partial charge in [0.1, 0.15) is 5.15 Å². The van der Waals surface area contributed by atoms with Crippen LogP contribution in [0.25, 0.3) is 11.2 Å². The third-order valence-electron chi connectivity index (χ3n) is 4.54. The summed E-state index contributed by atoms with van der Waals surface area (Å²) in [7, 11) is 0. The van der Waals surface area contributed by atoms with Crippen molar-refractivity contribution >= 4 is 51.9 Å². The Bertz CT molecular complexity index is 906. The average Bonchev–Trinajstić information content (AvgIpc) is 3.03. The van der Waals surface area contributed by atoms with Crippen molar-refractivity contribution in [1.29, 1.82) is 0 Å². The van der Waals surface area contributed by atoms with Gasteiger partial charge >= 0.3 is 0 Å². The van der Waals surface area contributed by atoms with Crippen molar-refractivity contribution in [1.82, 2.24) is 20.3 Å². The van der Waals surface area contributed by atoms with Crippen LogP contribution in [0.4, 0.5) is 5.95 Å². The number of benzene rings is 1. The second kappa shape index (κ2) is 7.61. The van der Waals surface area contributed by atoms with Gasteiger partial charge in [-0.15, -0.1) is 0 Å². The van der Waals surface area contributed by atoms with E-state index in [1.54, 1.807) is 12.1 Å². The highest BCUT2D eigenvalue weighted by atomic mass is 35.5. The highest BCUT2D eigenvalue weighted by Gasteiger charge is 2.22. The summed E-state index contributed by atoms with van der Waals surface area (Å²) in [6, 6.07) is 9.67. The second-order valence-corrected chi connectivity index (χ2v) is 7.77. The maximum absolute atomic E-state index is 6.08. The molecule has 5 nitrogen and oxygen atoms in total. The summed E-state index contributed by atoms with van der Waals surface area (Å²) in [5.74, 6) is 0.840. The molecule has 1 atom stereocenters. The molecule has 3 heterocycles. The van der Waals surface area contributed by atoms with Gasteiger partial charge in [-0.05, 0) is 48.7 Å². The van der Waals surface area contributed by atoms with Crippen molar-refractivity contribution in [2.45, 2.75) is 25.4 Å². The summed E-state index contributed by atoms with van der Waals surface area (Å²) in [4.78, 5) is 14.4. The van der Waals surface area contributed by atoms with Crippen LogP contribution < -0.4 is 10.2 Å². The van der Waals surface area contributed by atoms with Gasteiger partial charge in [0.2, 0.25) is 5.95 Å². The lowest BCUT2D eigenvalue weighted by Gasteiger charge is -2.33. The Morgan fingerprint density at radius 2 is 1.92 bits per heavy atom. The smallest absolute Gasteiger partial charge is 0.205 e. The molecular formula is C18H18Cl3N5. The van der Waals surface area contributed by atoms with Gasteiger partial charge in [-0.3, -0.25) is 0 Å². The lowest BCUT2D eigenvalue weighted by molar-refractivity contribution is 0.419. The van der Waals surface area contributed by atoms with E-state index in [9.17, 15) is 0 Å².